The standard InChI is InChI=1S/C12H9N3O3S/c16-11(17)7-1-2-8-9(5-7)15(12(18)14-8)6-10-13-3-4-19-10/h1-5H,6H2,(H,14,18)(H,16,17). The van der Waals surface area contributed by atoms with Gasteiger partial charge in [-0.15, -0.1) is 11.3 Å². The van der Waals surface area contributed by atoms with E-state index in [1.54, 1.807) is 12.3 Å². The molecule has 96 valence electrons. The molecular formula is C12H9N3O3S. The van der Waals surface area contributed by atoms with Gasteiger partial charge in [0.15, 0.2) is 0 Å². The van der Waals surface area contributed by atoms with Gasteiger partial charge in [-0.2, -0.15) is 0 Å². The van der Waals surface area contributed by atoms with Crippen LogP contribution in [0.25, 0.3) is 11.0 Å². The molecule has 7 heteroatoms. The van der Waals surface area contributed by atoms with Crippen molar-refractivity contribution in [3.05, 3.63) is 50.8 Å². The van der Waals surface area contributed by atoms with Crippen LogP contribution in [0.4, 0.5) is 0 Å². The van der Waals surface area contributed by atoms with Crippen molar-refractivity contribution in [2.75, 3.05) is 0 Å². The smallest absolute Gasteiger partial charge is 0.335 e. The van der Waals surface area contributed by atoms with E-state index < -0.39 is 5.97 Å². The Bertz CT molecular complexity index is 801. The Balaban J connectivity index is 2.16. The molecule has 0 atom stereocenters. The summed E-state index contributed by atoms with van der Waals surface area (Å²) < 4.78 is 1.49. The van der Waals surface area contributed by atoms with E-state index in [0.29, 0.717) is 17.6 Å². The van der Waals surface area contributed by atoms with Crippen LogP contribution in [0.5, 0.6) is 0 Å². The lowest BCUT2D eigenvalue weighted by Crippen LogP contribution is -2.17. The van der Waals surface area contributed by atoms with Crippen LogP contribution < -0.4 is 5.69 Å². The van der Waals surface area contributed by atoms with Crippen molar-refractivity contribution in [1.29, 1.82) is 0 Å². The van der Waals surface area contributed by atoms with E-state index in [2.05, 4.69) is 9.97 Å². The molecule has 0 spiro atoms. The average Bonchev–Trinajstić information content (AvgIpc) is 2.98. The number of H-pyrrole nitrogens is 1. The molecule has 6 nitrogen and oxygen atoms in total. The lowest BCUT2D eigenvalue weighted by molar-refractivity contribution is 0.0697. The summed E-state index contributed by atoms with van der Waals surface area (Å²) in [6.45, 7) is 0.333. The molecule has 2 heterocycles. The second-order valence-electron chi connectivity index (χ2n) is 3.98. The average molecular weight is 275 g/mol. The Morgan fingerprint density at radius 1 is 1.47 bits per heavy atom. The summed E-state index contributed by atoms with van der Waals surface area (Å²) in [6.07, 6.45) is 1.67. The van der Waals surface area contributed by atoms with Crippen LogP contribution in [0, 0.1) is 0 Å². The molecular weight excluding hydrogens is 266 g/mol. The topological polar surface area (TPSA) is 88.0 Å². The Kier molecular flexibility index (Phi) is 2.68. The number of nitrogens with zero attached hydrogens (tertiary/aromatic N) is 2. The maximum atomic E-state index is 11.9. The van der Waals surface area contributed by atoms with E-state index in [4.69, 9.17) is 5.11 Å². The predicted molar refractivity (Wildman–Crippen MR) is 70.7 cm³/mol. The minimum atomic E-state index is -1.02. The summed E-state index contributed by atoms with van der Waals surface area (Å²) in [4.78, 5) is 29.7. The first kappa shape index (κ1) is 11.7. The molecule has 0 radical (unpaired) electrons. The summed E-state index contributed by atoms with van der Waals surface area (Å²) in [5, 5.41) is 11.6. The highest BCUT2D eigenvalue weighted by Crippen LogP contribution is 2.15. The molecule has 0 unspecified atom stereocenters. The van der Waals surface area contributed by atoms with E-state index in [9.17, 15) is 9.59 Å². The van der Waals surface area contributed by atoms with E-state index in [1.165, 1.54) is 28.0 Å². The van der Waals surface area contributed by atoms with E-state index >= 15 is 0 Å². The number of hydrogen-bond acceptors (Lipinski definition) is 4. The number of nitrogens with one attached hydrogen (secondary N) is 1. The van der Waals surface area contributed by atoms with Gasteiger partial charge in [0, 0.05) is 11.6 Å². The normalized spacial score (nSPS) is 10.9. The molecule has 0 saturated heterocycles. The van der Waals surface area contributed by atoms with Gasteiger partial charge in [0.05, 0.1) is 23.1 Å². The molecule has 3 aromatic rings. The lowest BCUT2D eigenvalue weighted by Gasteiger charge is -2.01. The quantitative estimate of drug-likeness (QED) is 0.758. The molecule has 0 bridgehead atoms. The van der Waals surface area contributed by atoms with E-state index in [0.717, 1.165) is 5.01 Å². The first-order valence-electron chi connectivity index (χ1n) is 5.49. The van der Waals surface area contributed by atoms with Gasteiger partial charge in [-0.3, -0.25) is 4.57 Å². The number of carbonyl (C=O) groups is 1. The van der Waals surface area contributed by atoms with Crippen LogP contribution in [-0.2, 0) is 6.54 Å². The Labute approximate surface area is 111 Å². The summed E-state index contributed by atoms with van der Waals surface area (Å²) in [5.74, 6) is -1.02. The van der Waals surface area contributed by atoms with Crippen molar-refractivity contribution in [3.63, 3.8) is 0 Å². The Morgan fingerprint density at radius 3 is 3.00 bits per heavy atom. The van der Waals surface area contributed by atoms with Crippen LogP contribution in [0.1, 0.15) is 15.4 Å². The first-order chi connectivity index (χ1) is 9.15. The van der Waals surface area contributed by atoms with Crippen molar-refractivity contribution in [1.82, 2.24) is 14.5 Å². The second kappa shape index (κ2) is 4.36. The van der Waals surface area contributed by atoms with Gasteiger partial charge in [-0.1, -0.05) is 0 Å². The van der Waals surface area contributed by atoms with Gasteiger partial charge in [-0.05, 0) is 18.2 Å². The fourth-order valence-corrected chi connectivity index (χ4v) is 2.51. The molecule has 0 amide bonds. The number of carboxylic acid groups (broad SMARTS) is 1. The van der Waals surface area contributed by atoms with E-state index in [-0.39, 0.29) is 11.3 Å². The molecule has 2 N–H and O–H groups in total. The minimum absolute atomic E-state index is 0.152. The monoisotopic (exact) mass is 275 g/mol. The molecule has 0 aliphatic carbocycles. The van der Waals surface area contributed by atoms with Crippen LogP contribution in [0.2, 0.25) is 0 Å². The number of benzene rings is 1. The highest BCUT2D eigenvalue weighted by Gasteiger charge is 2.11. The fourth-order valence-electron chi connectivity index (χ4n) is 1.91. The summed E-state index contributed by atoms with van der Waals surface area (Å²) >= 11 is 1.45. The van der Waals surface area contributed by atoms with Gasteiger partial charge >= 0.3 is 11.7 Å². The zero-order valence-electron chi connectivity index (χ0n) is 9.66. The van der Waals surface area contributed by atoms with Crippen LogP contribution in [-0.4, -0.2) is 25.6 Å². The molecule has 3 rings (SSSR count). The maximum absolute atomic E-state index is 11.9. The van der Waals surface area contributed by atoms with Crippen molar-refractivity contribution < 1.29 is 9.90 Å². The van der Waals surface area contributed by atoms with Crippen molar-refractivity contribution in [2.24, 2.45) is 0 Å². The molecule has 0 fully saturated rings. The molecule has 2 aromatic heterocycles. The molecule has 0 aliphatic heterocycles. The highest BCUT2D eigenvalue weighted by atomic mass is 32.1. The van der Waals surface area contributed by atoms with Crippen molar-refractivity contribution in [3.8, 4) is 0 Å². The van der Waals surface area contributed by atoms with Crippen LogP contribution >= 0.6 is 11.3 Å². The summed E-state index contributed by atoms with van der Waals surface area (Å²) in [6, 6.07) is 4.55. The predicted octanol–water partition coefficient (Wildman–Crippen LogP) is 1.53. The van der Waals surface area contributed by atoms with Crippen molar-refractivity contribution >= 4 is 28.3 Å². The Morgan fingerprint density at radius 2 is 2.32 bits per heavy atom. The third-order valence-corrected chi connectivity index (χ3v) is 3.56. The lowest BCUT2D eigenvalue weighted by atomic mass is 10.2. The number of fused-ring (bicyclic) bond motifs is 1. The van der Waals surface area contributed by atoms with Gasteiger partial charge < -0.3 is 10.1 Å². The first-order valence-corrected chi connectivity index (χ1v) is 6.37. The largest absolute Gasteiger partial charge is 0.478 e. The van der Waals surface area contributed by atoms with Crippen LogP contribution in [0.3, 0.4) is 0 Å². The van der Waals surface area contributed by atoms with Gasteiger partial charge in [0.2, 0.25) is 0 Å². The van der Waals surface area contributed by atoms with Crippen molar-refractivity contribution in [2.45, 2.75) is 6.54 Å². The zero-order chi connectivity index (χ0) is 13.4. The number of aromatic amines is 1. The Hall–Kier alpha value is -2.41. The third-order valence-electron chi connectivity index (χ3n) is 2.80. The van der Waals surface area contributed by atoms with E-state index in [1.807, 2.05) is 5.38 Å². The number of rotatable bonds is 3. The molecule has 0 aliphatic rings. The molecule has 1 aromatic carbocycles. The third kappa shape index (κ3) is 2.04. The fraction of sp³-hybridized carbons (Fsp3) is 0.0833. The zero-order valence-corrected chi connectivity index (χ0v) is 10.5. The molecule has 19 heavy (non-hydrogen) atoms. The SMILES string of the molecule is O=C(O)c1ccc2[nH]c(=O)n(Cc3nccs3)c2c1. The molecule has 0 saturated carbocycles. The van der Waals surface area contributed by atoms with Gasteiger partial charge in [0.25, 0.3) is 0 Å². The highest BCUT2D eigenvalue weighted by molar-refractivity contribution is 7.09. The van der Waals surface area contributed by atoms with Gasteiger partial charge in [0.1, 0.15) is 5.01 Å². The maximum Gasteiger partial charge on any atom is 0.335 e. The summed E-state index contributed by atoms with van der Waals surface area (Å²) in [5.41, 5.74) is 1.07. The number of carboxylic acids is 1. The van der Waals surface area contributed by atoms with Gasteiger partial charge in [-0.25, -0.2) is 14.6 Å². The minimum Gasteiger partial charge on any atom is -0.478 e. The second-order valence-corrected chi connectivity index (χ2v) is 4.96. The number of imidazole rings is 1. The number of hydrogen-bond donors (Lipinski definition) is 2. The number of aromatic carboxylic acids is 1. The number of thiazole rings is 1. The summed E-state index contributed by atoms with van der Waals surface area (Å²) in [7, 11) is 0. The number of aromatic nitrogens is 3. The van der Waals surface area contributed by atoms with Crippen LogP contribution in [0.15, 0.2) is 34.6 Å².